The smallest absolute Gasteiger partial charge is 0.227 e. The Morgan fingerprint density at radius 2 is 2.12 bits per heavy atom. The lowest BCUT2D eigenvalue weighted by atomic mass is 10.0. The average molecular weight is 233 g/mol. The maximum absolute atomic E-state index is 11.7. The van der Waals surface area contributed by atoms with Gasteiger partial charge in [-0.1, -0.05) is 30.4 Å². The highest BCUT2D eigenvalue weighted by Gasteiger charge is 2.13. The van der Waals surface area contributed by atoms with Crippen LogP contribution in [0.1, 0.15) is 19.4 Å². The van der Waals surface area contributed by atoms with Gasteiger partial charge in [0.25, 0.3) is 0 Å². The first-order chi connectivity index (χ1) is 8.06. The molecule has 1 unspecified atom stereocenters. The van der Waals surface area contributed by atoms with Crippen molar-refractivity contribution in [3.63, 3.8) is 0 Å². The van der Waals surface area contributed by atoms with Gasteiger partial charge in [0.1, 0.15) is 5.75 Å². The summed E-state index contributed by atoms with van der Waals surface area (Å²) < 4.78 is 5.22. The summed E-state index contributed by atoms with van der Waals surface area (Å²) in [5.41, 5.74) is 1.83. The van der Waals surface area contributed by atoms with Crippen LogP contribution in [0.2, 0.25) is 0 Å². The molecule has 0 aliphatic rings. The molecule has 0 aliphatic heterocycles. The van der Waals surface area contributed by atoms with E-state index in [-0.39, 0.29) is 11.8 Å². The van der Waals surface area contributed by atoms with Gasteiger partial charge >= 0.3 is 0 Å². The minimum atomic E-state index is -0.162. The Morgan fingerprint density at radius 1 is 1.47 bits per heavy atom. The number of ether oxygens (including phenoxy) is 1. The fourth-order valence-electron chi connectivity index (χ4n) is 1.41. The molecule has 17 heavy (non-hydrogen) atoms. The third-order valence-corrected chi connectivity index (χ3v) is 2.78. The lowest BCUT2D eigenvalue weighted by molar-refractivity contribution is -0.123. The zero-order valence-corrected chi connectivity index (χ0v) is 10.6. The van der Waals surface area contributed by atoms with E-state index in [9.17, 15) is 4.79 Å². The third kappa shape index (κ3) is 3.63. The standard InChI is InChI=1S/C14H19NO2/c1-10(2)11(3)14(16)15-9-12-7-5-6-8-13(12)17-4/h5-8,11H,1,9H2,2-4H3,(H,15,16). The number of hydrogen-bond acceptors (Lipinski definition) is 2. The van der Waals surface area contributed by atoms with E-state index in [2.05, 4.69) is 11.9 Å². The van der Waals surface area contributed by atoms with Crippen LogP contribution >= 0.6 is 0 Å². The van der Waals surface area contributed by atoms with Crippen molar-refractivity contribution < 1.29 is 9.53 Å². The van der Waals surface area contributed by atoms with Crippen LogP contribution in [-0.4, -0.2) is 13.0 Å². The van der Waals surface area contributed by atoms with Crippen LogP contribution < -0.4 is 10.1 Å². The van der Waals surface area contributed by atoms with Crippen molar-refractivity contribution in [3.05, 3.63) is 42.0 Å². The van der Waals surface area contributed by atoms with Gasteiger partial charge in [0.2, 0.25) is 5.91 Å². The van der Waals surface area contributed by atoms with Crippen molar-refractivity contribution in [1.82, 2.24) is 5.32 Å². The largest absolute Gasteiger partial charge is 0.496 e. The van der Waals surface area contributed by atoms with Crippen LogP contribution in [0.5, 0.6) is 5.75 Å². The van der Waals surface area contributed by atoms with Crippen molar-refractivity contribution in [1.29, 1.82) is 0 Å². The van der Waals surface area contributed by atoms with E-state index in [0.29, 0.717) is 6.54 Å². The third-order valence-electron chi connectivity index (χ3n) is 2.78. The lowest BCUT2D eigenvalue weighted by Gasteiger charge is -2.13. The summed E-state index contributed by atoms with van der Waals surface area (Å²) in [6.45, 7) is 7.95. The summed E-state index contributed by atoms with van der Waals surface area (Å²) in [6, 6.07) is 7.64. The molecule has 0 radical (unpaired) electrons. The highest BCUT2D eigenvalue weighted by atomic mass is 16.5. The molecule has 0 bridgehead atoms. The molecule has 0 aliphatic carbocycles. The number of amides is 1. The maximum Gasteiger partial charge on any atom is 0.227 e. The number of para-hydroxylation sites is 1. The second-order valence-electron chi connectivity index (χ2n) is 4.10. The number of methoxy groups -OCH3 is 1. The second kappa shape index (κ2) is 6.09. The fraction of sp³-hybridized carbons (Fsp3) is 0.357. The summed E-state index contributed by atoms with van der Waals surface area (Å²) in [5, 5.41) is 2.88. The van der Waals surface area contributed by atoms with Crippen molar-refractivity contribution >= 4 is 5.91 Å². The first kappa shape index (κ1) is 13.3. The first-order valence-corrected chi connectivity index (χ1v) is 5.61. The summed E-state index contributed by atoms with van der Waals surface area (Å²) in [6.07, 6.45) is 0. The molecule has 0 saturated heterocycles. The molecular weight excluding hydrogens is 214 g/mol. The molecular formula is C14H19NO2. The van der Waals surface area contributed by atoms with Crippen molar-refractivity contribution in [2.75, 3.05) is 7.11 Å². The minimum Gasteiger partial charge on any atom is -0.496 e. The van der Waals surface area contributed by atoms with Gasteiger partial charge in [0, 0.05) is 12.1 Å². The first-order valence-electron chi connectivity index (χ1n) is 5.61. The quantitative estimate of drug-likeness (QED) is 0.794. The Hall–Kier alpha value is -1.77. The van der Waals surface area contributed by atoms with E-state index in [0.717, 1.165) is 16.9 Å². The number of nitrogens with one attached hydrogen (secondary N) is 1. The molecule has 1 rings (SSSR count). The molecule has 1 atom stereocenters. The van der Waals surface area contributed by atoms with E-state index >= 15 is 0 Å². The van der Waals surface area contributed by atoms with Gasteiger partial charge in [0.15, 0.2) is 0 Å². The number of benzene rings is 1. The summed E-state index contributed by atoms with van der Waals surface area (Å²) in [5.74, 6) is 0.615. The fourth-order valence-corrected chi connectivity index (χ4v) is 1.41. The van der Waals surface area contributed by atoms with Crippen molar-refractivity contribution in [2.45, 2.75) is 20.4 Å². The highest BCUT2D eigenvalue weighted by Crippen LogP contribution is 2.17. The van der Waals surface area contributed by atoms with Gasteiger partial charge in [0.05, 0.1) is 13.0 Å². The van der Waals surface area contributed by atoms with Crippen LogP contribution in [0, 0.1) is 5.92 Å². The summed E-state index contributed by atoms with van der Waals surface area (Å²) >= 11 is 0. The summed E-state index contributed by atoms with van der Waals surface area (Å²) in [7, 11) is 1.62. The molecule has 0 heterocycles. The van der Waals surface area contributed by atoms with Crippen LogP contribution in [0.3, 0.4) is 0 Å². The van der Waals surface area contributed by atoms with E-state index in [4.69, 9.17) is 4.74 Å². The average Bonchev–Trinajstić information content (AvgIpc) is 2.35. The highest BCUT2D eigenvalue weighted by molar-refractivity contribution is 5.80. The molecule has 0 spiro atoms. The van der Waals surface area contributed by atoms with E-state index in [1.165, 1.54) is 0 Å². The molecule has 1 aromatic rings. The number of carbonyl (C=O) groups is 1. The molecule has 92 valence electrons. The number of rotatable bonds is 5. The van der Waals surface area contributed by atoms with Gasteiger partial charge in [-0.2, -0.15) is 0 Å². The molecule has 0 saturated carbocycles. The number of carbonyl (C=O) groups excluding carboxylic acids is 1. The van der Waals surface area contributed by atoms with E-state index < -0.39 is 0 Å². The zero-order chi connectivity index (χ0) is 12.8. The van der Waals surface area contributed by atoms with Gasteiger partial charge in [-0.05, 0) is 19.9 Å². The van der Waals surface area contributed by atoms with Crippen LogP contribution in [0.15, 0.2) is 36.4 Å². The van der Waals surface area contributed by atoms with E-state index in [1.807, 2.05) is 38.1 Å². The van der Waals surface area contributed by atoms with Crippen LogP contribution in [0.25, 0.3) is 0 Å². The predicted molar refractivity (Wildman–Crippen MR) is 68.8 cm³/mol. The van der Waals surface area contributed by atoms with E-state index in [1.54, 1.807) is 7.11 Å². The molecule has 3 nitrogen and oxygen atoms in total. The SMILES string of the molecule is C=C(C)C(C)C(=O)NCc1ccccc1OC. The Bertz CT molecular complexity index is 412. The molecule has 1 N–H and O–H groups in total. The molecule has 0 fully saturated rings. The molecule has 0 aromatic heterocycles. The predicted octanol–water partition coefficient (Wildman–Crippen LogP) is 2.52. The van der Waals surface area contributed by atoms with Crippen molar-refractivity contribution in [2.24, 2.45) is 5.92 Å². The Balaban J connectivity index is 2.61. The van der Waals surface area contributed by atoms with Crippen LogP contribution in [-0.2, 0) is 11.3 Å². The van der Waals surface area contributed by atoms with Gasteiger partial charge in [-0.15, -0.1) is 0 Å². The second-order valence-corrected chi connectivity index (χ2v) is 4.10. The van der Waals surface area contributed by atoms with Gasteiger partial charge in [-0.3, -0.25) is 4.79 Å². The van der Waals surface area contributed by atoms with Gasteiger partial charge < -0.3 is 10.1 Å². The normalized spacial score (nSPS) is 11.7. The van der Waals surface area contributed by atoms with Gasteiger partial charge in [-0.25, -0.2) is 0 Å². The molecule has 1 amide bonds. The topological polar surface area (TPSA) is 38.3 Å². The van der Waals surface area contributed by atoms with Crippen molar-refractivity contribution in [3.8, 4) is 5.75 Å². The lowest BCUT2D eigenvalue weighted by Crippen LogP contribution is -2.29. The minimum absolute atomic E-state index is 0.0107. The van der Waals surface area contributed by atoms with Crippen LogP contribution in [0.4, 0.5) is 0 Å². The molecule has 1 aromatic carbocycles. The zero-order valence-electron chi connectivity index (χ0n) is 10.6. The summed E-state index contributed by atoms with van der Waals surface area (Å²) in [4.78, 5) is 11.7. The maximum atomic E-state index is 11.7. The monoisotopic (exact) mass is 233 g/mol. The molecule has 3 heteroatoms. The number of hydrogen-bond donors (Lipinski definition) is 1. The Morgan fingerprint density at radius 3 is 2.71 bits per heavy atom. The Labute approximate surface area is 102 Å². The Kier molecular flexibility index (Phi) is 4.76.